The van der Waals surface area contributed by atoms with E-state index in [1.807, 2.05) is 0 Å². The zero-order chi connectivity index (χ0) is 8.27. The quantitative estimate of drug-likeness (QED) is 0.625. The van der Waals surface area contributed by atoms with Gasteiger partial charge in [-0.15, -0.1) is 0 Å². The third-order valence-corrected chi connectivity index (χ3v) is 1.74. The summed E-state index contributed by atoms with van der Waals surface area (Å²) >= 11 is 1.50. The van der Waals surface area contributed by atoms with Gasteiger partial charge < -0.3 is 8.38 Å². The molecule has 62 valence electrons. The molecule has 0 aromatic rings. The Morgan fingerprint density at radius 2 is 2.45 bits per heavy atom. The third-order valence-electron chi connectivity index (χ3n) is 1.36. The van der Waals surface area contributed by atoms with Gasteiger partial charge in [-0.1, -0.05) is 0 Å². The summed E-state index contributed by atoms with van der Waals surface area (Å²) < 4.78 is 4.42. The van der Waals surface area contributed by atoms with E-state index in [0.717, 1.165) is 0 Å². The highest BCUT2D eigenvalue weighted by atomic mass is 127. The third kappa shape index (κ3) is 2.21. The highest BCUT2D eigenvalue weighted by molar-refractivity contribution is 14.1. The van der Waals surface area contributed by atoms with Crippen molar-refractivity contribution in [1.82, 2.24) is 10.2 Å². The Bertz CT molecular complexity index is 185. The van der Waals surface area contributed by atoms with E-state index >= 15 is 0 Å². The van der Waals surface area contributed by atoms with Gasteiger partial charge in [0.25, 0.3) is 0 Å². The molecular weight excluding hydrogens is 263 g/mol. The number of piperazine rings is 1. The Hall–Kier alpha value is -0.530. The van der Waals surface area contributed by atoms with Crippen LogP contribution in [-0.4, -0.2) is 36.5 Å². The van der Waals surface area contributed by atoms with E-state index in [1.165, 1.54) is 27.9 Å². The molecule has 1 N–H and O–H groups in total. The average molecular weight is 270 g/mol. The SMILES string of the molecule is O=C1CN(C(=O)OI)CCN1. The van der Waals surface area contributed by atoms with Gasteiger partial charge in [-0.3, -0.25) is 9.69 Å². The summed E-state index contributed by atoms with van der Waals surface area (Å²) in [5.41, 5.74) is 0. The summed E-state index contributed by atoms with van der Waals surface area (Å²) in [7, 11) is 0. The molecule has 0 aliphatic carbocycles. The van der Waals surface area contributed by atoms with Crippen molar-refractivity contribution >= 4 is 35.0 Å². The van der Waals surface area contributed by atoms with Crippen LogP contribution in [0.4, 0.5) is 4.79 Å². The largest absolute Gasteiger partial charge is 0.419 e. The van der Waals surface area contributed by atoms with Crippen LogP contribution < -0.4 is 5.32 Å². The average Bonchev–Trinajstić information content (AvgIpc) is 2.03. The number of halogens is 1. The second-order valence-electron chi connectivity index (χ2n) is 2.11. The number of hydrogen-bond donors (Lipinski definition) is 1. The van der Waals surface area contributed by atoms with Gasteiger partial charge in [0.1, 0.15) is 6.54 Å². The van der Waals surface area contributed by atoms with E-state index in [0.29, 0.717) is 13.1 Å². The summed E-state index contributed by atoms with van der Waals surface area (Å²) in [4.78, 5) is 22.9. The molecule has 0 aromatic carbocycles. The molecule has 1 fully saturated rings. The Morgan fingerprint density at radius 3 is 3.00 bits per heavy atom. The van der Waals surface area contributed by atoms with Gasteiger partial charge in [-0.2, -0.15) is 0 Å². The predicted molar refractivity (Wildman–Crippen MR) is 45.1 cm³/mol. The van der Waals surface area contributed by atoms with Crippen LogP contribution in [0.5, 0.6) is 0 Å². The van der Waals surface area contributed by atoms with Gasteiger partial charge in [-0.25, -0.2) is 4.79 Å². The maximum Gasteiger partial charge on any atom is 0.419 e. The molecule has 0 spiro atoms. The zero-order valence-corrected chi connectivity index (χ0v) is 7.83. The molecule has 0 aromatic heterocycles. The molecule has 0 unspecified atom stereocenters. The van der Waals surface area contributed by atoms with Gasteiger partial charge in [0, 0.05) is 13.1 Å². The summed E-state index contributed by atoms with van der Waals surface area (Å²) in [5.74, 6) is -0.141. The van der Waals surface area contributed by atoms with E-state index in [9.17, 15) is 9.59 Å². The lowest BCUT2D eigenvalue weighted by Crippen LogP contribution is -2.49. The Labute approximate surface area is 77.8 Å². The van der Waals surface area contributed by atoms with Crippen molar-refractivity contribution in [1.29, 1.82) is 0 Å². The zero-order valence-electron chi connectivity index (χ0n) is 5.67. The fourth-order valence-corrected chi connectivity index (χ4v) is 1.12. The Morgan fingerprint density at radius 1 is 1.73 bits per heavy atom. The van der Waals surface area contributed by atoms with Crippen LogP contribution in [0.15, 0.2) is 0 Å². The number of nitrogens with one attached hydrogen (secondary N) is 1. The van der Waals surface area contributed by atoms with Crippen molar-refractivity contribution in [2.75, 3.05) is 19.6 Å². The van der Waals surface area contributed by atoms with Crippen molar-refractivity contribution in [2.24, 2.45) is 0 Å². The molecule has 1 rings (SSSR count). The first-order valence-electron chi connectivity index (χ1n) is 3.08. The summed E-state index contributed by atoms with van der Waals surface area (Å²) in [5, 5.41) is 2.60. The maximum atomic E-state index is 10.8. The minimum absolute atomic E-state index is 0.0990. The summed E-state index contributed by atoms with van der Waals surface area (Å²) in [6.07, 6.45) is -0.458. The normalized spacial score (nSPS) is 17.5. The smallest absolute Gasteiger partial charge is 0.378 e. The summed E-state index contributed by atoms with van der Waals surface area (Å²) in [6, 6.07) is 0. The molecule has 5 nitrogen and oxygen atoms in total. The maximum absolute atomic E-state index is 10.8. The molecule has 1 saturated heterocycles. The van der Waals surface area contributed by atoms with Crippen LogP contribution in [-0.2, 0) is 7.86 Å². The van der Waals surface area contributed by atoms with Crippen LogP contribution in [0, 0.1) is 0 Å². The molecule has 2 amide bonds. The monoisotopic (exact) mass is 270 g/mol. The second-order valence-corrected chi connectivity index (χ2v) is 2.55. The van der Waals surface area contributed by atoms with Crippen LogP contribution in [0.25, 0.3) is 0 Å². The van der Waals surface area contributed by atoms with Crippen molar-refractivity contribution in [3.63, 3.8) is 0 Å². The van der Waals surface area contributed by atoms with E-state index in [2.05, 4.69) is 8.38 Å². The molecule has 6 heteroatoms. The van der Waals surface area contributed by atoms with Crippen LogP contribution in [0.3, 0.4) is 0 Å². The first kappa shape index (κ1) is 8.57. The van der Waals surface area contributed by atoms with Crippen molar-refractivity contribution in [3.8, 4) is 0 Å². The van der Waals surface area contributed by atoms with Gasteiger partial charge in [0.15, 0.2) is 23.0 Å². The van der Waals surface area contributed by atoms with E-state index < -0.39 is 6.09 Å². The fourth-order valence-electron chi connectivity index (χ4n) is 0.843. The molecule has 1 aliphatic heterocycles. The lowest BCUT2D eigenvalue weighted by Gasteiger charge is -2.24. The van der Waals surface area contributed by atoms with Crippen molar-refractivity contribution in [2.45, 2.75) is 0 Å². The molecule has 0 saturated carbocycles. The standard InChI is InChI=1S/C5H7IN2O3/c6-11-5(10)8-2-1-7-4(9)3-8/h1-3H2,(H,7,9). The van der Waals surface area contributed by atoms with Crippen LogP contribution in [0.2, 0.25) is 0 Å². The molecule has 0 radical (unpaired) electrons. The van der Waals surface area contributed by atoms with Crippen molar-refractivity contribution < 1.29 is 12.7 Å². The first-order chi connectivity index (χ1) is 5.24. The fraction of sp³-hybridized carbons (Fsp3) is 0.600. The number of amides is 2. The topological polar surface area (TPSA) is 58.6 Å². The molecule has 11 heavy (non-hydrogen) atoms. The number of carbonyl (C=O) groups excluding carboxylic acids is 2. The molecule has 0 bridgehead atoms. The van der Waals surface area contributed by atoms with Gasteiger partial charge in [0.2, 0.25) is 5.91 Å². The number of nitrogens with zero attached hydrogens (tertiary/aromatic N) is 1. The minimum Gasteiger partial charge on any atom is -0.378 e. The minimum atomic E-state index is -0.458. The van der Waals surface area contributed by atoms with Gasteiger partial charge >= 0.3 is 6.09 Å². The second kappa shape index (κ2) is 3.74. The van der Waals surface area contributed by atoms with E-state index in [-0.39, 0.29) is 12.5 Å². The van der Waals surface area contributed by atoms with Gasteiger partial charge in [0.05, 0.1) is 0 Å². The summed E-state index contributed by atoms with van der Waals surface area (Å²) in [6.45, 7) is 1.12. The van der Waals surface area contributed by atoms with Crippen molar-refractivity contribution in [3.05, 3.63) is 0 Å². The van der Waals surface area contributed by atoms with Crippen LogP contribution in [0.1, 0.15) is 0 Å². The number of hydrogen-bond acceptors (Lipinski definition) is 3. The van der Waals surface area contributed by atoms with Gasteiger partial charge in [-0.05, 0) is 0 Å². The predicted octanol–water partition coefficient (Wildman–Crippen LogP) is -0.0952. The number of carbonyl (C=O) groups is 2. The first-order valence-corrected chi connectivity index (χ1v) is 3.96. The molecular formula is C5H7IN2O3. The molecule has 1 aliphatic rings. The lowest BCUT2D eigenvalue weighted by atomic mass is 10.4. The molecule has 0 atom stereocenters. The lowest BCUT2D eigenvalue weighted by molar-refractivity contribution is -0.123. The highest BCUT2D eigenvalue weighted by Crippen LogP contribution is 2.00. The van der Waals surface area contributed by atoms with E-state index in [1.54, 1.807) is 0 Å². The number of rotatable bonds is 0. The highest BCUT2D eigenvalue weighted by Gasteiger charge is 2.21. The van der Waals surface area contributed by atoms with Crippen LogP contribution >= 0.6 is 23.0 Å². The van der Waals surface area contributed by atoms with E-state index in [4.69, 9.17) is 0 Å². The Balaban J connectivity index is 2.45. The molecule has 1 heterocycles. The Kier molecular flexibility index (Phi) is 2.92.